The zero-order valence-electron chi connectivity index (χ0n) is 8.87. The van der Waals surface area contributed by atoms with Crippen LogP contribution in [-0.2, 0) is 14.4 Å². The molecule has 0 radical (unpaired) electrons. The molecule has 3 N–H and O–H groups in total. The first-order chi connectivity index (χ1) is 6.97. The van der Waals surface area contributed by atoms with Gasteiger partial charge in [-0.1, -0.05) is 0 Å². The van der Waals surface area contributed by atoms with Crippen LogP contribution in [0.5, 0.6) is 0 Å². The summed E-state index contributed by atoms with van der Waals surface area (Å²) < 4.78 is 0. The van der Waals surface area contributed by atoms with Crippen LogP contribution in [-0.4, -0.2) is 42.4 Å². The van der Waals surface area contributed by atoms with Gasteiger partial charge in [0.15, 0.2) is 0 Å². The third-order valence-corrected chi connectivity index (χ3v) is 1.82. The maximum Gasteiger partial charge on any atom is 0.305 e. The van der Waals surface area contributed by atoms with Crippen molar-refractivity contribution < 1.29 is 19.5 Å². The summed E-state index contributed by atoms with van der Waals surface area (Å²) >= 11 is 0. The number of carbonyl (C=O) groups is 3. The second kappa shape index (κ2) is 6.94. The lowest BCUT2D eigenvalue weighted by molar-refractivity contribution is -0.140. The third kappa shape index (κ3) is 6.62. The molecule has 86 valence electrons. The van der Waals surface area contributed by atoms with Crippen molar-refractivity contribution in [3.05, 3.63) is 0 Å². The monoisotopic (exact) mass is 216 g/mol. The molecule has 0 rings (SSSR count). The molecule has 0 aromatic heterocycles. The fourth-order valence-corrected chi connectivity index (χ4v) is 0.985. The van der Waals surface area contributed by atoms with Gasteiger partial charge in [-0.3, -0.25) is 14.4 Å². The molecule has 15 heavy (non-hydrogen) atoms. The lowest BCUT2D eigenvalue weighted by Gasteiger charge is -2.13. The fourth-order valence-electron chi connectivity index (χ4n) is 0.985. The topological polar surface area (TPSA) is 95.5 Å². The highest BCUT2D eigenvalue weighted by Crippen LogP contribution is 1.92. The molecule has 0 saturated heterocycles. The van der Waals surface area contributed by atoms with Gasteiger partial charge in [0.2, 0.25) is 5.91 Å². The number of carboxylic acids is 1. The largest absolute Gasteiger partial charge is 0.481 e. The molecule has 0 aromatic carbocycles. The summed E-state index contributed by atoms with van der Waals surface area (Å²) in [5, 5.41) is 13.6. The van der Waals surface area contributed by atoms with Gasteiger partial charge in [0.05, 0.1) is 12.5 Å². The Labute approximate surface area is 88.0 Å². The number of rotatable bonds is 7. The van der Waals surface area contributed by atoms with E-state index in [2.05, 4.69) is 10.6 Å². The number of likely N-dealkylation sites (N-methyl/N-ethyl adjacent to an activating group) is 1. The molecule has 0 aliphatic heterocycles. The Bertz CT molecular complexity index is 252. The molecule has 1 unspecified atom stereocenters. The number of aliphatic carboxylic acids is 1. The molecule has 0 heterocycles. The summed E-state index contributed by atoms with van der Waals surface area (Å²) in [4.78, 5) is 32.3. The number of amides is 1. The zero-order valence-corrected chi connectivity index (χ0v) is 8.87. The Kier molecular flexibility index (Phi) is 6.28. The van der Waals surface area contributed by atoms with Crippen LogP contribution < -0.4 is 10.6 Å². The van der Waals surface area contributed by atoms with Gasteiger partial charge in [-0.25, -0.2) is 0 Å². The summed E-state index contributed by atoms with van der Waals surface area (Å²) in [6, 6.07) is -0.755. The van der Waals surface area contributed by atoms with Crippen LogP contribution >= 0.6 is 0 Å². The summed E-state index contributed by atoms with van der Waals surface area (Å²) in [5.41, 5.74) is 0. The average molecular weight is 216 g/mol. The van der Waals surface area contributed by atoms with E-state index in [1.54, 1.807) is 0 Å². The van der Waals surface area contributed by atoms with Gasteiger partial charge >= 0.3 is 5.97 Å². The molecule has 0 saturated carbocycles. The minimum atomic E-state index is -1.05. The van der Waals surface area contributed by atoms with E-state index < -0.39 is 17.9 Å². The standard InChI is InChI=1S/C9H16N2O4/c1-6(12)3-4-11-9(15)7(10-2)5-8(13)14/h7,10H,3-5H2,1-2H3,(H,11,15)(H,13,14). The Hall–Kier alpha value is -1.43. The van der Waals surface area contributed by atoms with E-state index in [1.165, 1.54) is 14.0 Å². The molecule has 1 atom stereocenters. The van der Waals surface area contributed by atoms with Crippen molar-refractivity contribution in [2.24, 2.45) is 0 Å². The van der Waals surface area contributed by atoms with E-state index in [0.717, 1.165) is 0 Å². The van der Waals surface area contributed by atoms with Crippen molar-refractivity contribution >= 4 is 17.7 Å². The summed E-state index contributed by atoms with van der Waals surface area (Å²) in [5.74, 6) is -1.47. The molecule has 0 fully saturated rings. The van der Waals surface area contributed by atoms with Crippen LogP contribution in [0.2, 0.25) is 0 Å². The van der Waals surface area contributed by atoms with Gasteiger partial charge in [0.1, 0.15) is 5.78 Å². The van der Waals surface area contributed by atoms with E-state index in [0.29, 0.717) is 0 Å². The number of Topliss-reactive ketones (excluding diaryl/α,β-unsaturated/α-hetero) is 1. The van der Waals surface area contributed by atoms with Crippen LogP contribution in [0.25, 0.3) is 0 Å². The predicted octanol–water partition coefficient (Wildman–Crippen LogP) is -0.856. The Morgan fingerprint density at radius 2 is 1.93 bits per heavy atom. The van der Waals surface area contributed by atoms with Crippen molar-refractivity contribution in [3.63, 3.8) is 0 Å². The second-order valence-corrected chi connectivity index (χ2v) is 3.18. The van der Waals surface area contributed by atoms with Crippen molar-refractivity contribution in [3.8, 4) is 0 Å². The number of hydrogen-bond donors (Lipinski definition) is 3. The van der Waals surface area contributed by atoms with Gasteiger partial charge in [-0.05, 0) is 14.0 Å². The normalized spacial score (nSPS) is 11.9. The lowest BCUT2D eigenvalue weighted by Crippen LogP contribution is -2.44. The molecular weight excluding hydrogens is 200 g/mol. The molecular formula is C9H16N2O4. The smallest absolute Gasteiger partial charge is 0.305 e. The van der Waals surface area contributed by atoms with Crippen LogP contribution in [0.1, 0.15) is 19.8 Å². The number of nitrogens with one attached hydrogen (secondary N) is 2. The summed E-state index contributed by atoms with van der Waals surface area (Å²) in [6.07, 6.45) is -0.0162. The van der Waals surface area contributed by atoms with E-state index in [4.69, 9.17) is 5.11 Å². The van der Waals surface area contributed by atoms with Crippen molar-refractivity contribution in [2.75, 3.05) is 13.6 Å². The molecule has 0 aliphatic carbocycles. The third-order valence-electron chi connectivity index (χ3n) is 1.82. The minimum Gasteiger partial charge on any atom is -0.481 e. The molecule has 1 amide bonds. The van der Waals surface area contributed by atoms with Crippen molar-refractivity contribution in [2.45, 2.75) is 25.8 Å². The molecule has 6 nitrogen and oxygen atoms in total. The number of hydrogen-bond acceptors (Lipinski definition) is 4. The van der Waals surface area contributed by atoms with Crippen LogP contribution in [0.3, 0.4) is 0 Å². The quantitative estimate of drug-likeness (QED) is 0.515. The van der Waals surface area contributed by atoms with Gasteiger partial charge in [-0.15, -0.1) is 0 Å². The number of ketones is 1. The first-order valence-electron chi connectivity index (χ1n) is 4.63. The number of carboxylic acid groups (broad SMARTS) is 1. The van der Waals surface area contributed by atoms with Crippen LogP contribution in [0, 0.1) is 0 Å². The fraction of sp³-hybridized carbons (Fsp3) is 0.667. The van der Waals surface area contributed by atoms with E-state index >= 15 is 0 Å². The highest BCUT2D eigenvalue weighted by atomic mass is 16.4. The Morgan fingerprint density at radius 1 is 1.33 bits per heavy atom. The predicted molar refractivity (Wildman–Crippen MR) is 53.4 cm³/mol. The molecule has 0 aliphatic rings. The first kappa shape index (κ1) is 13.6. The van der Waals surface area contributed by atoms with Gasteiger partial charge in [0, 0.05) is 13.0 Å². The van der Waals surface area contributed by atoms with E-state index in [-0.39, 0.29) is 25.2 Å². The van der Waals surface area contributed by atoms with Crippen LogP contribution in [0.15, 0.2) is 0 Å². The van der Waals surface area contributed by atoms with E-state index in [1.807, 2.05) is 0 Å². The Morgan fingerprint density at radius 3 is 2.33 bits per heavy atom. The Balaban J connectivity index is 3.93. The maximum absolute atomic E-state index is 11.3. The highest BCUT2D eigenvalue weighted by Gasteiger charge is 2.18. The van der Waals surface area contributed by atoms with Crippen molar-refractivity contribution in [1.82, 2.24) is 10.6 Å². The minimum absolute atomic E-state index is 0.0189. The zero-order chi connectivity index (χ0) is 11.8. The molecule has 0 bridgehead atoms. The van der Waals surface area contributed by atoms with Crippen LogP contribution in [0.4, 0.5) is 0 Å². The molecule has 6 heteroatoms. The first-order valence-corrected chi connectivity index (χ1v) is 4.63. The van der Waals surface area contributed by atoms with Gasteiger partial charge in [-0.2, -0.15) is 0 Å². The summed E-state index contributed by atoms with van der Waals surface area (Å²) in [7, 11) is 1.51. The second-order valence-electron chi connectivity index (χ2n) is 3.18. The molecule has 0 aromatic rings. The average Bonchev–Trinajstić information content (AvgIpc) is 2.13. The SMILES string of the molecule is CNC(CC(=O)O)C(=O)NCCC(C)=O. The van der Waals surface area contributed by atoms with Gasteiger partial charge in [0.25, 0.3) is 0 Å². The maximum atomic E-state index is 11.3. The lowest BCUT2D eigenvalue weighted by atomic mass is 10.2. The van der Waals surface area contributed by atoms with Crippen molar-refractivity contribution in [1.29, 1.82) is 0 Å². The van der Waals surface area contributed by atoms with Gasteiger partial charge < -0.3 is 15.7 Å². The number of carbonyl (C=O) groups excluding carboxylic acids is 2. The molecule has 0 spiro atoms. The van der Waals surface area contributed by atoms with E-state index in [9.17, 15) is 14.4 Å². The summed E-state index contributed by atoms with van der Waals surface area (Å²) in [6.45, 7) is 1.67. The highest BCUT2D eigenvalue weighted by molar-refractivity contribution is 5.86.